The first kappa shape index (κ1) is 20.2. The highest BCUT2D eigenvalue weighted by atomic mass is 16.5. The fourth-order valence-electron chi connectivity index (χ4n) is 8.07. The predicted molar refractivity (Wildman–Crippen MR) is 104 cm³/mol. The third kappa shape index (κ3) is 2.75. The van der Waals surface area contributed by atoms with E-state index in [1.165, 1.54) is 14.0 Å². The van der Waals surface area contributed by atoms with Crippen molar-refractivity contribution in [2.45, 2.75) is 90.3 Å². The van der Waals surface area contributed by atoms with Gasteiger partial charge in [-0.05, 0) is 80.0 Å². The van der Waals surface area contributed by atoms with E-state index in [9.17, 15) is 14.7 Å². The van der Waals surface area contributed by atoms with Crippen LogP contribution in [-0.2, 0) is 19.1 Å². The van der Waals surface area contributed by atoms with Crippen LogP contribution in [0.15, 0.2) is 0 Å². The lowest BCUT2D eigenvalue weighted by molar-refractivity contribution is -0.224. The van der Waals surface area contributed by atoms with Gasteiger partial charge in [0.25, 0.3) is 0 Å². The molecule has 8 atom stereocenters. The highest BCUT2D eigenvalue weighted by molar-refractivity contribution is 5.73. The Morgan fingerprint density at radius 1 is 0.964 bits per heavy atom. The molecule has 4 saturated carbocycles. The predicted octanol–water partition coefficient (Wildman–Crippen LogP) is 3.86. The molecule has 5 nitrogen and oxygen atoms in total. The number of esters is 2. The van der Waals surface area contributed by atoms with Crippen LogP contribution in [-0.4, -0.2) is 35.9 Å². The second kappa shape index (κ2) is 6.72. The van der Waals surface area contributed by atoms with Crippen LogP contribution in [0.4, 0.5) is 0 Å². The van der Waals surface area contributed by atoms with E-state index in [1.807, 2.05) is 0 Å². The first-order chi connectivity index (χ1) is 13.1. The Kier molecular flexibility index (Phi) is 4.84. The minimum Gasteiger partial charge on any atom is -0.469 e. The minimum atomic E-state index is -0.749. The second-order valence-electron chi connectivity index (χ2n) is 10.5. The van der Waals surface area contributed by atoms with Crippen molar-refractivity contribution < 1.29 is 24.2 Å². The summed E-state index contributed by atoms with van der Waals surface area (Å²) >= 11 is 0. The molecule has 28 heavy (non-hydrogen) atoms. The molecule has 1 N–H and O–H groups in total. The summed E-state index contributed by atoms with van der Waals surface area (Å²) in [5, 5.41) is 11.7. The first-order valence-electron chi connectivity index (χ1n) is 11.1. The maximum atomic E-state index is 12.4. The van der Waals surface area contributed by atoms with Gasteiger partial charge in [0.05, 0.1) is 18.6 Å². The number of carbonyl (C=O) groups excluding carboxylic acids is 2. The maximum Gasteiger partial charge on any atom is 0.309 e. The number of aliphatic hydroxyl groups is 1. The Hall–Kier alpha value is -1.10. The van der Waals surface area contributed by atoms with Crippen molar-refractivity contribution in [2.75, 3.05) is 7.11 Å². The highest BCUT2D eigenvalue weighted by Crippen LogP contribution is 2.68. The van der Waals surface area contributed by atoms with Gasteiger partial charge in [0.1, 0.15) is 6.10 Å². The molecule has 5 heteroatoms. The molecule has 0 bridgehead atoms. The molecule has 158 valence electrons. The standard InChI is InChI=1S/C23H36O5/c1-14(24)28-15-7-11-22(3)18-9-10-21(2)17(5-6-19(21)20(25)27-4)16(18)8-12-23(22,26)13-15/h15-19,26H,5-13H2,1-4H3. The van der Waals surface area contributed by atoms with Gasteiger partial charge >= 0.3 is 11.9 Å². The molecular formula is C23H36O5. The molecule has 4 aliphatic rings. The molecule has 0 saturated heterocycles. The molecule has 0 aromatic heterocycles. The number of rotatable bonds is 2. The third-order valence-electron chi connectivity index (χ3n) is 9.58. The van der Waals surface area contributed by atoms with Crippen molar-refractivity contribution in [3.63, 3.8) is 0 Å². The molecular weight excluding hydrogens is 356 g/mol. The molecule has 0 aliphatic heterocycles. The normalized spacial score (nSPS) is 50.1. The lowest BCUT2D eigenvalue weighted by Crippen LogP contribution is -2.63. The van der Waals surface area contributed by atoms with Gasteiger partial charge < -0.3 is 14.6 Å². The van der Waals surface area contributed by atoms with Gasteiger partial charge in [0.15, 0.2) is 0 Å². The van der Waals surface area contributed by atoms with Crippen LogP contribution in [0.1, 0.15) is 78.6 Å². The summed E-state index contributed by atoms with van der Waals surface area (Å²) < 4.78 is 10.6. The highest BCUT2D eigenvalue weighted by Gasteiger charge is 2.65. The van der Waals surface area contributed by atoms with Crippen LogP contribution in [0.25, 0.3) is 0 Å². The topological polar surface area (TPSA) is 72.8 Å². The Morgan fingerprint density at radius 2 is 1.71 bits per heavy atom. The van der Waals surface area contributed by atoms with Crippen molar-refractivity contribution in [3.05, 3.63) is 0 Å². The van der Waals surface area contributed by atoms with Crippen molar-refractivity contribution in [1.82, 2.24) is 0 Å². The van der Waals surface area contributed by atoms with Gasteiger partial charge in [0, 0.05) is 13.3 Å². The number of hydrogen-bond acceptors (Lipinski definition) is 5. The Balaban J connectivity index is 1.57. The zero-order valence-electron chi connectivity index (χ0n) is 17.8. The number of ether oxygens (including phenoxy) is 2. The number of fused-ring (bicyclic) bond motifs is 5. The van der Waals surface area contributed by atoms with Crippen LogP contribution in [0.3, 0.4) is 0 Å². The summed E-state index contributed by atoms with van der Waals surface area (Å²) in [6.07, 6.45) is 8.10. The van der Waals surface area contributed by atoms with Gasteiger partial charge in [-0.1, -0.05) is 13.8 Å². The van der Waals surface area contributed by atoms with Crippen LogP contribution in [0.2, 0.25) is 0 Å². The molecule has 0 aromatic rings. The Bertz CT molecular complexity index is 661. The smallest absolute Gasteiger partial charge is 0.309 e. The Labute approximate surface area is 168 Å². The second-order valence-corrected chi connectivity index (χ2v) is 10.5. The van der Waals surface area contributed by atoms with E-state index in [4.69, 9.17) is 9.47 Å². The van der Waals surface area contributed by atoms with Crippen LogP contribution in [0.5, 0.6) is 0 Å². The largest absolute Gasteiger partial charge is 0.469 e. The average Bonchev–Trinajstić information content (AvgIpc) is 2.99. The zero-order chi connectivity index (χ0) is 20.3. The molecule has 0 aromatic carbocycles. The maximum absolute atomic E-state index is 12.4. The van der Waals surface area contributed by atoms with E-state index in [1.54, 1.807) is 0 Å². The minimum absolute atomic E-state index is 0.0248. The lowest BCUT2D eigenvalue weighted by atomic mass is 9.43. The lowest BCUT2D eigenvalue weighted by Gasteiger charge is -2.64. The van der Waals surface area contributed by atoms with Gasteiger partial charge in [-0.3, -0.25) is 9.59 Å². The number of carbonyl (C=O) groups is 2. The van der Waals surface area contributed by atoms with Crippen LogP contribution in [0, 0.1) is 34.5 Å². The average molecular weight is 393 g/mol. The van der Waals surface area contributed by atoms with Gasteiger partial charge in [0.2, 0.25) is 0 Å². The van der Waals surface area contributed by atoms with Crippen LogP contribution < -0.4 is 0 Å². The van der Waals surface area contributed by atoms with E-state index in [0.29, 0.717) is 24.2 Å². The molecule has 0 spiro atoms. The fourth-order valence-corrected chi connectivity index (χ4v) is 8.07. The number of methoxy groups -OCH3 is 1. The van der Waals surface area contributed by atoms with Gasteiger partial charge in [-0.15, -0.1) is 0 Å². The van der Waals surface area contributed by atoms with E-state index in [0.717, 1.165) is 51.4 Å². The van der Waals surface area contributed by atoms with Crippen molar-refractivity contribution in [2.24, 2.45) is 34.5 Å². The van der Waals surface area contributed by atoms with Gasteiger partial charge in [-0.2, -0.15) is 0 Å². The molecule has 0 amide bonds. The number of hydrogen-bond donors (Lipinski definition) is 1. The molecule has 0 heterocycles. The summed E-state index contributed by atoms with van der Waals surface area (Å²) in [7, 11) is 1.51. The van der Waals surface area contributed by atoms with Crippen molar-refractivity contribution in [3.8, 4) is 0 Å². The fraction of sp³-hybridized carbons (Fsp3) is 0.913. The summed E-state index contributed by atoms with van der Waals surface area (Å²) in [6.45, 7) is 6.04. The van der Waals surface area contributed by atoms with Crippen molar-refractivity contribution in [1.29, 1.82) is 0 Å². The summed E-state index contributed by atoms with van der Waals surface area (Å²) in [5.41, 5.74) is -0.840. The third-order valence-corrected chi connectivity index (χ3v) is 9.58. The molecule has 8 unspecified atom stereocenters. The van der Waals surface area contributed by atoms with E-state index >= 15 is 0 Å². The summed E-state index contributed by atoms with van der Waals surface area (Å²) in [6, 6.07) is 0. The molecule has 4 fully saturated rings. The quantitative estimate of drug-likeness (QED) is 0.722. The molecule has 0 radical (unpaired) electrons. The SMILES string of the molecule is COC(=O)C1CCC2C3CCC4(O)CC(OC(C)=O)CCC4(C)C3CCC12C. The van der Waals surface area contributed by atoms with E-state index in [2.05, 4.69) is 13.8 Å². The molecule has 4 rings (SSSR count). The summed E-state index contributed by atoms with van der Waals surface area (Å²) in [5.74, 6) is 1.34. The van der Waals surface area contributed by atoms with Crippen LogP contribution >= 0.6 is 0 Å². The monoisotopic (exact) mass is 392 g/mol. The van der Waals surface area contributed by atoms with E-state index < -0.39 is 5.60 Å². The van der Waals surface area contributed by atoms with Gasteiger partial charge in [-0.25, -0.2) is 0 Å². The summed E-state index contributed by atoms with van der Waals surface area (Å²) in [4.78, 5) is 23.8. The first-order valence-corrected chi connectivity index (χ1v) is 11.1. The molecule has 4 aliphatic carbocycles. The zero-order valence-corrected chi connectivity index (χ0v) is 17.8. The Morgan fingerprint density at radius 3 is 2.39 bits per heavy atom. The van der Waals surface area contributed by atoms with E-state index in [-0.39, 0.29) is 34.8 Å². The van der Waals surface area contributed by atoms with Crippen molar-refractivity contribution >= 4 is 11.9 Å².